The summed E-state index contributed by atoms with van der Waals surface area (Å²) in [7, 11) is 1.74. The molecule has 1 heterocycles. The molecule has 2 aliphatic rings. The van der Waals surface area contributed by atoms with Crippen LogP contribution in [0.1, 0.15) is 50.0 Å². The van der Waals surface area contributed by atoms with E-state index in [-0.39, 0.29) is 0 Å². The zero-order valence-corrected chi connectivity index (χ0v) is 12.4. The van der Waals surface area contributed by atoms with Crippen molar-refractivity contribution in [3.05, 3.63) is 23.8 Å². The molecule has 3 rings (SSSR count). The normalized spacial score (nSPS) is 23.8. The van der Waals surface area contributed by atoms with Crippen molar-refractivity contribution < 1.29 is 9.47 Å². The van der Waals surface area contributed by atoms with Gasteiger partial charge in [0.05, 0.1) is 13.2 Å². The Balaban J connectivity index is 1.86. The Morgan fingerprint density at radius 1 is 1.10 bits per heavy atom. The highest BCUT2D eigenvalue weighted by molar-refractivity contribution is 5.48. The maximum Gasteiger partial charge on any atom is 0.165 e. The van der Waals surface area contributed by atoms with E-state index in [2.05, 4.69) is 17.4 Å². The molecular weight excluding hydrogens is 250 g/mol. The van der Waals surface area contributed by atoms with Gasteiger partial charge in [-0.15, -0.1) is 0 Å². The minimum absolute atomic E-state index is 0.376. The van der Waals surface area contributed by atoms with Gasteiger partial charge in [0.25, 0.3) is 0 Å². The van der Waals surface area contributed by atoms with Crippen LogP contribution in [-0.2, 0) is 0 Å². The molecule has 3 nitrogen and oxygen atoms in total. The lowest BCUT2D eigenvalue weighted by molar-refractivity contribution is 0.196. The zero-order valence-electron chi connectivity index (χ0n) is 12.4. The van der Waals surface area contributed by atoms with E-state index in [9.17, 15) is 0 Å². The maximum absolute atomic E-state index is 6.33. The second-order valence-electron chi connectivity index (χ2n) is 5.95. The van der Waals surface area contributed by atoms with Crippen LogP contribution in [0, 0.1) is 0 Å². The standard InChI is InChI=1S/C17H25NO2/c1-19-16-10-4-9-15(13-6-5-11-18-12-13)17(16)20-14-7-2-3-8-14/h4,9-10,13-14,18H,2-3,5-8,11-12H2,1H3. The molecular formula is C17H25NO2. The summed E-state index contributed by atoms with van der Waals surface area (Å²) >= 11 is 0. The highest BCUT2D eigenvalue weighted by Crippen LogP contribution is 2.40. The van der Waals surface area contributed by atoms with Crippen LogP contribution in [-0.4, -0.2) is 26.3 Å². The molecule has 20 heavy (non-hydrogen) atoms. The molecule has 1 aliphatic carbocycles. The minimum atomic E-state index is 0.376. The molecule has 1 atom stereocenters. The smallest absolute Gasteiger partial charge is 0.165 e. The third-order valence-corrected chi connectivity index (χ3v) is 4.55. The lowest BCUT2D eigenvalue weighted by Gasteiger charge is -2.27. The van der Waals surface area contributed by atoms with Gasteiger partial charge in [-0.2, -0.15) is 0 Å². The molecule has 0 bridgehead atoms. The first-order chi connectivity index (χ1) is 9.88. The lowest BCUT2D eigenvalue weighted by atomic mass is 9.90. The van der Waals surface area contributed by atoms with Gasteiger partial charge in [-0.25, -0.2) is 0 Å². The topological polar surface area (TPSA) is 30.5 Å². The average molecular weight is 275 g/mol. The van der Waals surface area contributed by atoms with Crippen molar-refractivity contribution in [3.63, 3.8) is 0 Å². The monoisotopic (exact) mass is 275 g/mol. The Bertz CT molecular complexity index is 435. The molecule has 3 heteroatoms. The molecule has 1 saturated carbocycles. The van der Waals surface area contributed by atoms with Crippen molar-refractivity contribution in [2.24, 2.45) is 0 Å². The van der Waals surface area contributed by atoms with Crippen molar-refractivity contribution in [2.45, 2.75) is 50.5 Å². The summed E-state index contributed by atoms with van der Waals surface area (Å²) in [5, 5.41) is 3.50. The van der Waals surface area contributed by atoms with Crippen molar-refractivity contribution in [1.29, 1.82) is 0 Å². The molecule has 1 unspecified atom stereocenters. The Kier molecular flexibility index (Phi) is 4.46. The Labute approximate surface area is 121 Å². The van der Waals surface area contributed by atoms with E-state index in [4.69, 9.17) is 9.47 Å². The summed E-state index contributed by atoms with van der Waals surface area (Å²) in [5.41, 5.74) is 1.32. The predicted octanol–water partition coefficient (Wildman–Crippen LogP) is 3.48. The van der Waals surface area contributed by atoms with Crippen LogP contribution in [0.15, 0.2) is 18.2 Å². The highest BCUT2D eigenvalue weighted by Gasteiger charge is 2.25. The second-order valence-corrected chi connectivity index (χ2v) is 5.95. The molecule has 1 saturated heterocycles. The fraction of sp³-hybridized carbons (Fsp3) is 0.647. The first kappa shape index (κ1) is 13.7. The number of rotatable bonds is 4. The van der Waals surface area contributed by atoms with E-state index < -0.39 is 0 Å². The number of nitrogens with one attached hydrogen (secondary N) is 1. The summed E-state index contributed by atoms with van der Waals surface area (Å²) < 4.78 is 11.9. The van der Waals surface area contributed by atoms with Gasteiger partial charge in [-0.1, -0.05) is 12.1 Å². The molecule has 0 aromatic heterocycles. The number of methoxy groups -OCH3 is 1. The fourth-order valence-corrected chi connectivity index (χ4v) is 3.43. The van der Waals surface area contributed by atoms with Crippen molar-refractivity contribution in [1.82, 2.24) is 5.32 Å². The fourth-order valence-electron chi connectivity index (χ4n) is 3.43. The highest BCUT2D eigenvalue weighted by atomic mass is 16.5. The maximum atomic E-state index is 6.33. The van der Waals surface area contributed by atoms with Crippen LogP contribution in [0.5, 0.6) is 11.5 Å². The van der Waals surface area contributed by atoms with Crippen LogP contribution in [0.3, 0.4) is 0 Å². The predicted molar refractivity (Wildman–Crippen MR) is 80.7 cm³/mol. The molecule has 1 aromatic rings. The summed E-state index contributed by atoms with van der Waals surface area (Å²) in [6, 6.07) is 6.32. The van der Waals surface area contributed by atoms with Crippen molar-refractivity contribution >= 4 is 0 Å². The largest absolute Gasteiger partial charge is 0.493 e. The number of hydrogen-bond acceptors (Lipinski definition) is 3. The Hall–Kier alpha value is -1.22. The van der Waals surface area contributed by atoms with E-state index >= 15 is 0 Å². The molecule has 110 valence electrons. The van der Waals surface area contributed by atoms with Gasteiger partial charge in [-0.05, 0) is 51.1 Å². The SMILES string of the molecule is COc1cccc(C2CCCNC2)c1OC1CCCC1. The first-order valence-corrected chi connectivity index (χ1v) is 7.92. The Morgan fingerprint density at radius 2 is 1.95 bits per heavy atom. The van der Waals surface area contributed by atoms with Gasteiger partial charge >= 0.3 is 0 Å². The number of benzene rings is 1. The second kappa shape index (κ2) is 6.49. The summed E-state index contributed by atoms with van der Waals surface area (Å²) in [4.78, 5) is 0. The molecule has 0 spiro atoms. The van der Waals surface area contributed by atoms with E-state index in [0.29, 0.717) is 12.0 Å². The Morgan fingerprint density at radius 3 is 2.65 bits per heavy atom. The number of para-hydroxylation sites is 1. The lowest BCUT2D eigenvalue weighted by Crippen LogP contribution is -2.29. The van der Waals surface area contributed by atoms with E-state index in [1.54, 1.807) is 7.11 Å². The third kappa shape index (κ3) is 2.93. The molecule has 0 radical (unpaired) electrons. The van der Waals surface area contributed by atoms with Gasteiger partial charge in [-0.3, -0.25) is 0 Å². The number of piperidine rings is 1. The van der Waals surface area contributed by atoms with Gasteiger partial charge in [0.2, 0.25) is 0 Å². The van der Waals surface area contributed by atoms with E-state index in [1.807, 2.05) is 6.07 Å². The summed E-state index contributed by atoms with van der Waals surface area (Å²) in [5.74, 6) is 2.44. The summed E-state index contributed by atoms with van der Waals surface area (Å²) in [6.07, 6.45) is 7.80. The summed E-state index contributed by atoms with van der Waals surface area (Å²) in [6.45, 7) is 2.19. The van der Waals surface area contributed by atoms with Crippen molar-refractivity contribution in [3.8, 4) is 11.5 Å². The third-order valence-electron chi connectivity index (χ3n) is 4.55. The van der Waals surface area contributed by atoms with Gasteiger partial charge in [0.15, 0.2) is 11.5 Å². The molecule has 1 N–H and O–H groups in total. The minimum Gasteiger partial charge on any atom is -0.493 e. The number of ether oxygens (including phenoxy) is 2. The van der Waals surface area contributed by atoms with Crippen LogP contribution < -0.4 is 14.8 Å². The van der Waals surface area contributed by atoms with E-state index in [0.717, 1.165) is 24.6 Å². The quantitative estimate of drug-likeness (QED) is 0.912. The van der Waals surface area contributed by atoms with Gasteiger partial charge in [0.1, 0.15) is 0 Å². The van der Waals surface area contributed by atoms with Gasteiger partial charge < -0.3 is 14.8 Å². The zero-order chi connectivity index (χ0) is 13.8. The van der Waals surface area contributed by atoms with Crippen LogP contribution in [0.4, 0.5) is 0 Å². The number of hydrogen-bond donors (Lipinski definition) is 1. The molecule has 1 aliphatic heterocycles. The first-order valence-electron chi connectivity index (χ1n) is 7.92. The van der Waals surface area contributed by atoms with Crippen LogP contribution >= 0.6 is 0 Å². The van der Waals surface area contributed by atoms with Crippen LogP contribution in [0.2, 0.25) is 0 Å². The molecule has 1 aromatic carbocycles. The van der Waals surface area contributed by atoms with Gasteiger partial charge in [0, 0.05) is 18.0 Å². The van der Waals surface area contributed by atoms with Crippen molar-refractivity contribution in [2.75, 3.05) is 20.2 Å². The molecule has 0 amide bonds. The molecule has 2 fully saturated rings. The van der Waals surface area contributed by atoms with E-state index in [1.165, 1.54) is 44.1 Å². The average Bonchev–Trinajstić information content (AvgIpc) is 3.01. The van der Waals surface area contributed by atoms with Crippen LogP contribution in [0.25, 0.3) is 0 Å².